The smallest absolute Gasteiger partial charge is 0.275 e. The van der Waals surface area contributed by atoms with Crippen LogP contribution in [0.3, 0.4) is 0 Å². The van der Waals surface area contributed by atoms with Gasteiger partial charge in [0.05, 0.1) is 17.6 Å². The zero-order chi connectivity index (χ0) is 19.5. The van der Waals surface area contributed by atoms with Crippen LogP contribution < -0.4 is 10.9 Å². The van der Waals surface area contributed by atoms with Crippen molar-refractivity contribution < 1.29 is 9.32 Å². The first-order valence-corrected chi connectivity index (χ1v) is 8.59. The maximum atomic E-state index is 12.5. The van der Waals surface area contributed by atoms with Crippen LogP contribution in [0.5, 0.6) is 0 Å². The van der Waals surface area contributed by atoms with E-state index in [0.29, 0.717) is 22.6 Å². The van der Waals surface area contributed by atoms with Crippen molar-refractivity contribution >= 4 is 16.7 Å². The number of aromatic nitrogens is 5. The monoisotopic (exact) mass is 376 g/mol. The van der Waals surface area contributed by atoms with E-state index >= 15 is 0 Å². The fraction of sp³-hybridized carbons (Fsp3) is 0.158. The van der Waals surface area contributed by atoms with Crippen LogP contribution in [-0.2, 0) is 17.9 Å². The molecular formula is C19H16N6O3. The second-order valence-corrected chi connectivity index (χ2v) is 6.10. The van der Waals surface area contributed by atoms with Crippen LogP contribution in [0, 0.1) is 6.92 Å². The van der Waals surface area contributed by atoms with Gasteiger partial charge in [-0.25, -0.2) is 4.68 Å². The molecule has 0 saturated heterocycles. The summed E-state index contributed by atoms with van der Waals surface area (Å²) in [6.07, 6.45) is 1.63. The van der Waals surface area contributed by atoms with Gasteiger partial charge in [-0.1, -0.05) is 29.4 Å². The molecule has 0 spiro atoms. The number of benzene rings is 1. The molecule has 0 aliphatic heterocycles. The Hall–Kier alpha value is -3.88. The summed E-state index contributed by atoms with van der Waals surface area (Å²) in [6.45, 7) is 1.64. The maximum Gasteiger partial charge on any atom is 0.275 e. The van der Waals surface area contributed by atoms with E-state index in [4.69, 9.17) is 4.52 Å². The Morgan fingerprint density at radius 3 is 2.71 bits per heavy atom. The predicted octanol–water partition coefficient (Wildman–Crippen LogP) is 1.47. The number of hydrogen-bond acceptors (Lipinski definition) is 7. The van der Waals surface area contributed by atoms with Gasteiger partial charge in [0.15, 0.2) is 0 Å². The van der Waals surface area contributed by atoms with Crippen molar-refractivity contribution in [2.45, 2.75) is 20.0 Å². The summed E-state index contributed by atoms with van der Waals surface area (Å²) in [5.74, 6) is 0.193. The van der Waals surface area contributed by atoms with Gasteiger partial charge in [0.2, 0.25) is 17.6 Å². The fourth-order valence-electron chi connectivity index (χ4n) is 2.80. The van der Waals surface area contributed by atoms with Gasteiger partial charge >= 0.3 is 0 Å². The third-order valence-electron chi connectivity index (χ3n) is 4.14. The predicted molar refractivity (Wildman–Crippen MR) is 100 cm³/mol. The molecule has 9 nitrogen and oxygen atoms in total. The van der Waals surface area contributed by atoms with Gasteiger partial charge in [-0.2, -0.15) is 10.1 Å². The molecule has 9 heteroatoms. The SMILES string of the molecule is Cc1nn(CC(=O)NCc2nc(-c3ccccn3)no2)c(=O)c2ccccc12. The molecule has 0 aliphatic carbocycles. The first-order chi connectivity index (χ1) is 13.6. The summed E-state index contributed by atoms with van der Waals surface area (Å²) in [5, 5.41) is 12.0. The quantitative estimate of drug-likeness (QED) is 0.560. The van der Waals surface area contributed by atoms with Gasteiger partial charge in [0.1, 0.15) is 12.2 Å². The number of carbonyl (C=O) groups excluding carboxylic acids is 1. The molecule has 140 valence electrons. The average Bonchev–Trinajstić information content (AvgIpc) is 3.20. The number of rotatable bonds is 5. The highest BCUT2D eigenvalue weighted by Gasteiger charge is 2.13. The molecule has 0 bridgehead atoms. The molecule has 0 aliphatic rings. The number of fused-ring (bicyclic) bond motifs is 1. The van der Waals surface area contributed by atoms with Crippen molar-refractivity contribution in [2.75, 3.05) is 0 Å². The van der Waals surface area contributed by atoms with Gasteiger partial charge in [-0.3, -0.25) is 14.6 Å². The lowest BCUT2D eigenvalue weighted by atomic mass is 10.1. The molecule has 3 heterocycles. The molecule has 1 N–H and O–H groups in total. The molecule has 4 rings (SSSR count). The summed E-state index contributed by atoms with van der Waals surface area (Å²) >= 11 is 0. The van der Waals surface area contributed by atoms with Crippen LogP contribution in [0.4, 0.5) is 0 Å². The molecule has 0 saturated carbocycles. The minimum Gasteiger partial charge on any atom is -0.345 e. The van der Waals surface area contributed by atoms with Crippen molar-refractivity contribution in [3.05, 3.63) is 70.6 Å². The van der Waals surface area contributed by atoms with Crippen LogP contribution in [0.1, 0.15) is 11.6 Å². The van der Waals surface area contributed by atoms with Gasteiger partial charge < -0.3 is 9.84 Å². The van der Waals surface area contributed by atoms with E-state index in [-0.39, 0.29) is 30.4 Å². The number of amides is 1. The highest BCUT2D eigenvalue weighted by Crippen LogP contribution is 2.12. The molecule has 1 amide bonds. The normalized spacial score (nSPS) is 10.9. The van der Waals surface area contributed by atoms with Crippen LogP contribution in [0.15, 0.2) is 58.0 Å². The van der Waals surface area contributed by atoms with Crippen LogP contribution in [0.25, 0.3) is 22.3 Å². The molecule has 3 aromatic heterocycles. The zero-order valence-electron chi connectivity index (χ0n) is 15.0. The summed E-state index contributed by atoms with van der Waals surface area (Å²) in [7, 11) is 0. The Bertz CT molecular complexity index is 1200. The van der Waals surface area contributed by atoms with Crippen LogP contribution in [0.2, 0.25) is 0 Å². The van der Waals surface area contributed by atoms with Gasteiger partial charge in [0, 0.05) is 11.6 Å². The molecule has 1 aromatic carbocycles. The number of nitrogens with zero attached hydrogens (tertiary/aromatic N) is 5. The van der Waals surface area contributed by atoms with E-state index in [1.165, 1.54) is 0 Å². The fourth-order valence-corrected chi connectivity index (χ4v) is 2.80. The Balaban J connectivity index is 1.44. The number of aryl methyl sites for hydroxylation is 1. The van der Waals surface area contributed by atoms with Crippen LogP contribution in [-0.4, -0.2) is 30.8 Å². The summed E-state index contributed by atoms with van der Waals surface area (Å²) in [6, 6.07) is 12.5. The van der Waals surface area contributed by atoms with Crippen molar-refractivity contribution in [1.29, 1.82) is 0 Å². The van der Waals surface area contributed by atoms with Crippen molar-refractivity contribution in [3.8, 4) is 11.5 Å². The van der Waals surface area contributed by atoms with E-state index in [0.717, 1.165) is 10.1 Å². The van der Waals surface area contributed by atoms with Crippen molar-refractivity contribution in [1.82, 2.24) is 30.2 Å². The number of nitrogens with one attached hydrogen (secondary N) is 1. The van der Waals surface area contributed by atoms with E-state index in [1.54, 1.807) is 37.4 Å². The highest BCUT2D eigenvalue weighted by molar-refractivity contribution is 5.83. The Morgan fingerprint density at radius 2 is 1.93 bits per heavy atom. The van der Waals surface area contributed by atoms with Gasteiger partial charge in [-0.15, -0.1) is 0 Å². The number of hydrogen-bond donors (Lipinski definition) is 1. The molecule has 0 radical (unpaired) electrons. The zero-order valence-corrected chi connectivity index (χ0v) is 15.0. The second-order valence-electron chi connectivity index (χ2n) is 6.10. The van der Waals surface area contributed by atoms with E-state index in [2.05, 4.69) is 25.5 Å². The number of pyridine rings is 1. The Labute approximate surface area is 159 Å². The standard InChI is InChI=1S/C19H16N6O3/c1-12-13-6-2-3-7-14(13)19(27)25(23-12)11-16(26)21-10-17-22-18(24-28-17)15-8-4-5-9-20-15/h2-9H,10-11H2,1H3,(H,21,26). The maximum absolute atomic E-state index is 12.5. The average molecular weight is 376 g/mol. The Morgan fingerprint density at radius 1 is 1.14 bits per heavy atom. The third kappa shape index (κ3) is 3.50. The largest absolute Gasteiger partial charge is 0.345 e. The first-order valence-electron chi connectivity index (χ1n) is 8.59. The lowest BCUT2D eigenvalue weighted by Crippen LogP contribution is -2.33. The molecule has 0 unspecified atom stereocenters. The van der Waals surface area contributed by atoms with Gasteiger partial charge in [-0.05, 0) is 25.1 Å². The van der Waals surface area contributed by atoms with Crippen molar-refractivity contribution in [3.63, 3.8) is 0 Å². The topological polar surface area (TPSA) is 116 Å². The summed E-state index contributed by atoms with van der Waals surface area (Å²) < 4.78 is 6.27. The van der Waals surface area contributed by atoms with E-state index < -0.39 is 0 Å². The molecule has 4 aromatic rings. The van der Waals surface area contributed by atoms with E-state index in [1.807, 2.05) is 18.2 Å². The third-order valence-corrected chi connectivity index (χ3v) is 4.14. The first kappa shape index (κ1) is 17.5. The minimum absolute atomic E-state index is 0.0416. The lowest BCUT2D eigenvalue weighted by Gasteiger charge is -2.08. The lowest BCUT2D eigenvalue weighted by molar-refractivity contribution is -0.122. The van der Waals surface area contributed by atoms with Crippen LogP contribution >= 0.6 is 0 Å². The molecule has 0 atom stereocenters. The van der Waals surface area contributed by atoms with E-state index in [9.17, 15) is 9.59 Å². The molecule has 0 fully saturated rings. The molecule has 28 heavy (non-hydrogen) atoms. The van der Waals surface area contributed by atoms with Crippen molar-refractivity contribution in [2.24, 2.45) is 0 Å². The summed E-state index contributed by atoms with van der Waals surface area (Å²) in [4.78, 5) is 33.1. The number of carbonyl (C=O) groups is 1. The minimum atomic E-state index is -0.387. The molecular weight excluding hydrogens is 360 g/mol. The summed E-state index contributed by atoms with van der Waals surface area (Å²) in [5.41, 5.74) is 0.942. The van der Waals surface area contributed by atoms with Gasteiger partial charge in [0.25, 0.3) is 5.56 Å². The highest BCUT2D eigenvalue weighted by atomic mass is 16.5. The second kappa shape index (κ2) is 7.39. The Kier molecular flexibility index (Phi) is 4.63.